The number of anilines is 1. The number of carbonyl (C=O) groups is 2. The normalized spacial score (nSPS) is 13.7. The zero-order valence-corrected chi connectivity index (χ0v) is 12.3. The van der Waals surface area contributed by atoms with Gasteiger partial charge in [-0.2, -0.15) is 0 Å². The largest absolute Gasteiger partial charge is 0.480 e. The van der Waals surface area contributed by atoms with E-state index in [9.17, 15) is 9.59 Å². The average Bonchev–Trinajstić information content (AvgIpc) is 2.39. The minimum absolute atomic E-state index is 0.0567. The minimum Gasteiger partial charge on any atom is -0.480 e. The van der Waals surface area contributed by atoms with Gasteiger partial charge in [0.1, 0.15) is 12.1 Å². The van der Waals surface area contributed by atoms with Gasteiger partial charge in [0.25, 0.3) is 0 Å². The Balaban J connectivity index is 2.89. The summed E-state index contributed by atoms with van der Waals surface area (Å²) in [5, 5.41) is 11.4. The first-order valence-corrected chi connectivity index (χ1v) is 6.65. The van der Waals surface area contributed by atoms with Crippen molar-refractivity contribution in [2.75, 3.05) is 11.9 Å². The van der Waals surface area contributed by atoms with Crippen LogP contribution in [0, 0.1) is 5.92 Å². The molecule has 0 aliphatic heterocycles. The Morgan fingerprint density at radius 1 is 1.15 bits per heavy atom. The molecule has 1 rings (SSSR count). The summed E-state index contributed by atoms with van der Waals surface area (Å²) < 4.78 is 0. The third kappa shape index (κ3) is 3.98. The average molecular weight is 278 g/mol. The van der Waals surface area contributed by atoms with Crippen LogP contribution in [-0.2, 0) is 9.59 Å². The van der Waals surface area contributed by atoms with Crippen molar-refractivity contribution in [2.45, 2.75) is 32.9 Å². The van der Waals surface area contributed by atoms with Crippen LogP contribution in [0.3, 0.4) is 0 Å². The standard InChI is InChI=1S/C15H22N2O3/c1-10(2)13(14(18)16-11(3)15(19)20)17(4)12-8-6-5-7-9-12/h5-11,13H,1-4H3,(H,16,18)(H,19,20). The zero-order chi connectivity index (χ0) is 15.3. The summed E-state index contributed by atoms with van der Waals surface area (Å²) in [6.45, 7) is 5.34. The summed E-state index contributed by atoms with van der Waals surface area (Å²) in [6.07, 6.45) is 0. The van der Waals surface area contributed by atoms with E-state index < -0.39 is 18.1 Å². The Morgan fingerprint density at radius 3 is 2.15 bits per heavy atom. The highest BCUT2D eigenvalue weighted by Crippen LogP contribution is 2.19. The number of amides is 1. The lowest BCUT2D eigenvalue weighted by molar-refractivity contribution is -0.141. The van der Waals surface area contributed by atoms with Crippen LogP contribution in [0.25, 0.3) is 0 Å². The number of benzene rings is 1. The number of hydrogen-bond acceptors (Lipinski definition) is 3. The van der Waals surface area contributed by atoms with Crippen molar-refractivity contribution in [3.63, 3.8) is 0 Å². The van der Waals surface area contributed by atoms with Gasteiger partial charge in [0.2, 0.25) is 5.91 Å². The molecule has 20 heavy (non-hydrogen) atoms. The quantitative estimate of drug-likeness (QED) is 0.831. The molecular formula is C15H22N2O3. The van der Waals surface area contributed by atoms with E-state index in [-0.39, 0.29) is 11.8 Å². The van der Waals surface area contributed by atoms with E-state index in [1.54, 1.807) is 0 Å². The molecular weight excluding hydrogens is 256 g/mol. The Labute approximate surface area is 119 Å². The zero-order valence-electron chi connectivity index (χ0n) is 12.3. The maximum absolute atomic E-state index is 12.3. The van der Waals surface area contributed by atoms with Gasteiger partial charge in [0.15, 0.2) is 0 Å². The molecule has 5 nitrogen and oxygen atoms in total. The molecule has 0 spiro atoms. The van der Waals surface area contributed by atoms with E-state index in [4.69, 9.17) is 5.11 Å². The van der Waals surface area contributed by atoms with Gasteiger partial charge in [-0.15, -0.1) is 0 Å². The molecule has 0 fully saturated rings. The lowest BCUT2D eigenvalue weighted by Gasteiger charge is -2.32. The summed E-state index contributed by atoms with van der Waals surface area (Å²) in [5.74, 6) is -1.26. The fourth-order valence-corrected chi connectivity index (χ4v) is 2.11. The highest BCUT2D eigenvalue weighted by atomic mass is 16.4. The van der Waals surface area contributed by atoms with E-state index in [1.807, 2.05) is 56.1 Å². The second-order valence-corrected chi connectivity index (χ2v) is 5.20. The van der Waals surface area contributed by atoms with Crippen molar-refractivity contribution in [1.29, 1.82) is 0 Å². The summed E-state index contributed by atoms with van der Waals surface area (Å²) in [7, 11) is 1.84. The Morgan fingerprint density at radius 2 is 1.70 bits per heavy atom. The molecule has 5 heteroatoms. The molecule has 0 aliphatic carbocycles. The summed E-state index contributed by atoms with van der Waals surface area (Å²) in [6, 6.07) is 8.25. The molecule has 0 aliphatic rings. The van der Waals surface area contributed by atoms with Crippen molar-refractivity contribution in [1.82, 2.24) is 5.32 Å². The minimum atomic E-state index is -1.04. The van der Waals surface area contributed by atoms with Gasteiger partial charge < -0.3 is 15.3 Å². The molecule has 0 saturated carbocycles. The second-order valence-electron chi connectivity index (χ2n) is 5.20. The van der Waals surface area contributed by atoms with Crippen LogP contribution in [-0.4, -0.2) is 36.1 Å². The maximum Gasteiger partial charge on any atom is 0.325 e. The summed E-state index contributed by atoms with van der Waals surface area (Å²) in [5.41, 5.74) is 0.921. The molecule has 110 valence electrons. The Bertz CT molecular complexity index is 459. The van der Waals surface area contributed by atoms with Crippen molar-refractivity contribution in [3.8, 4) is 0 Å². The molecule has 0 heterocycles. The van der Waals surface area contributed by atoms with Gasteiger partial charge >= 0.3 is 5.97 Å². The van der Waals surface area contributed by atoms with Gasteiger partial charge in [-0.3, -0.25) is 9.59 Å². The predicted molar refractivity (Wildman–Crippen MR) is 78.7 cm³/mol. The first kappa shape index (κ1) is 16.0. The SMILES string of the molecule is CC(NC(=O)C(C(C)C)N(C)c1ccccc1)C(=O)O. The van der Waals surface area contributed by atoms with E-state index in [0.717, 1.165) is 5.69 Å². The van der Waals surface area contributed by atoms with Gasteiger partial charge in [-0.25, -0.2) is 0 Å². The lowest BCUT2D eigenvalue weighted by Crippen LogP contribution is -2.52. The predicted octanol–water partition coefficient (Wildman–Crippen LogP) is 1.74. The first-order chi connectivity index (χ1) is 9.34. The van der Waals surface area contributed by atoms with Crippen LogP contribution in [0.4, 0.5) is 5.69 Å². The smallest absolute Gasteiger partial charge is 0.325 e. The molecule has 1 amide bonds. The van der Waals surface area contributed by atoms with Crippen LogP contribution >= 0.6 is 0 Å². The van der Waals surface area contributed by atoms with E-state index >= 15 is 0 Å². The third-order valence-corrected chi connectivity index (χ3v) is 3.21. The second kappa shape index (κ2) is 6.93. The number of nitrogens with zero attached hydrogens (tertiary/aromatic N) is 1. The fraction of sp³-hybridized carbons (Fsp3) is 0.467. The number of likely N-dealkylation sites (N-methyl/N-ethyl adjacent to an activating group) is 1. The molecule has 0 aromatic heterocycles. The number of hydrogen-bond donors (Lipinski definition) is 2. The van der Waals surface area contributed by atoms with Crippen molar-refractivity contribution < 1.29 is 14.7 Å². The molecule has 1 aromatic rings. The highest BCUT2D eigenvalue weighted by Gasteiger charge is 2.28. The number of carboxylic acids is 1. The topological polar surface area (TPSA) is 69.6 Å². The number of carbonyl (C=O) groups excluding carboxylic acids is 1. The van der Waals surface area contributed by atoms with Crippen LogP contribution in [0.2, 0.25) is 0 Å². The first-order valence-electron chi connectivity index (χ1n) is 6.65. The molecule has 1 aromatic carbocycles. The van der Waals surface area contributed by atoms with E-state index in [1.165, 1.54) is 6.92 Å². The van der Waals surface area contributed by atoms with Gasteiger partial charge in [-0.05, 0) is 25.0 Å². The summed E-state index contributed by atoms with van der Waals surface area (Å²) >= 11 is 0. The number of para-hydroxylation sites is 1. The molecule has 2 N–H and O–H groups in total. The van der Waals surface area contributed by atoms with Crippen molar-refractivity contribution >= 4 is 17.6 Å². The van der Waals surface area contributed by atoms with Crippen LogP contribution in [0.1, 0.15) is 20.8 Å². The van der Waals surface area contributed by atoms with E-state index in [0.29, 0.717) is 0 Å². The van der Waals surface area contributed by atoms with Crippen LogP contribution in [0.15, 0.2) is 30.3 Å². The molecule has 2 unspecified atom stereocenters. The van der Waals surface area contributed by atoms with Gasteiger partial charge in [-0.1, -0.05) is 32.0 Å². The molecule has 2 atom stereocenters. The molecule has 0 saturated heterocycles. The van der Waals surface area contributed by atoms with Gasteiger partial charge in [0, 0.05) is 12.7 Å². The number of nitrogens with one attached hydrogen (secondary N) is 1. The number of rotatable bonds is 6. The Hall–Kier alpha value is -2.04. The monoisotopic (exact) mass is 278 g/mol. The molecule has 0 radical (unpaired) electrons. The van der Waals surface area contributed by atoms with Crippen molar-refractivity contribution in [2.24, 2.45) is 5.92 Å². The number of aliphatic carboxylic acids is 1. The van der Waals surface area contributed by atoms with Crippen molar-refractivity contribution in [3.05, 3.63) is 30.3 Å². The lowest BCUT2D eigenvalue weighted by atomic mass is 10.0. The van der Waals surface area contributed by atoms with Crippen LogP contribution in [0.5, 0.6) is 0 Å². The molecule has 0 bridgehead atoms. The number of carboxylic acid groups (broad SMARTS) is 1. The Kier molecular flexibility index (Phi) is 5.55. The van der Waals surface area contributed by atoms with Crippen LogP contribution < -0.4 is 10.2 Å². The maximum atomic E-state index is 12.3. The highest BCUT2D eigenvalue weighted by molar-refractivity contribution is 5.89. The van der Waals surface area contributed by atoms with Gasteiger partial charge in [0.05, 0.1) is 0 Å². The third-order valence-electron chi connectivity index (χ3n) is 3.21. The summed E-state index contributed by atoms with van der Waals surface area (Å²) in [4.78, 5) is 25.0. The van der Waals surface area contributed by atoms with E-state index in [2.05, 4.69) is 5.32 Å². The fourth-order valence-electron chi connectivity index (χ4n) is 2.11.